The molecule has 0 bridgehead atoms. The first-order valence-electron chi connectivity index (χ1n) is 5.75. The lowest BCUT2D eigenvalue weighted by Crippen LogP contribution is -2.25. The van der Waals surface area contributed by atoms with Crippen LogP contribution in [0.2, 0.25) is 0 Å². The Labute approximate surface area is 112 Å². The molecule has 0 aliphatic rings. The number of aryl methyl sites for hydroxylation is 1. The van der Waals surface area contributed by atoms with Crippen molar-refractivity contribution in [2.24, 2.45) is 0 Å². The molecule has 19 heavy (non-hydrogen) atoms. The van der Waals surface area contributed by atoms with Gasteiger partial charge in [0.1, 0.15) is 0 Å². The molecule has 0 fully saturated rings. The van der Waals surface area contributed by atoms with Gasteiger partial charge in [-0.25, -0.2) is 18.1 Å². The van der Waals surface area contributed by atoms with Gasteiger partial charge in [-0.1, -0.05) is 24.3 Å². The summed E-state index contributed by atoms with van der Waals surface area (Å²) in [5.74, 6) is 0. The summed E-state index contributed by atoms with van der Waals surface area (Å²) in [5.41, 5.74) is 7.71. The van der Waals surface area contributed by atoms with Crippen molar-refractivity contribution in [3.63, 3.8) is 0 Å². The van der Waals surface area contributed by atoms with E-state index < -0.39 is 10.0 Å². The molecule has 5 nitrogen and oxygen atoms in total. The van der Waals surface area contributed by atoms with Crippen molar-refractivity contribution >= 4 is 15.7 Å². The summed E-state index contributed by atoms with van der Waals surface area (Å²) in [4.78, 5) is 3.81. The van der Waals surface area contributed by atoms with Crippen LogP contribution in [0.3, 0.4) is 0 Å². The highest BCUT2D eigenvalue weighted by Crippen LogP contribution is 2.14. The van der Waals surface area contributed by atoms with Gasteiger partial charge in [-0.3, -0.25) is 0 Å². The van der Waals surface area contributed by atoms with E-state index in [1.165, 1.54) is 12.3 Å². The van der Waals surface area contributed by atoms with Crippen LogP contribution < -0.4 is 10.5 Å². The van der Waals surface area contributed by atoms with Crippen LogP contribution >= 0.6 is 0 Å². The van der Waals surface area contributed by atoms with Crippen molar-refractivity contribution in [2.45, 2.75) is 18.5 Å². The lowest BCUT2D eigenvalue weighted by atomic mass is 10.1. The van der Waals surface area contributed by atoms with Crippen molar-refractivity contribution in [1.29, 1.82) is 0 Å². The van der Waals surface area contributed by atoms with E-state index in [2.05, 4.69) is 9.71 Å². The second kappa shape index (κ2) is 5.38. The Morgan fingerprint density at radius 2 is 1.95 bits per heavy atom. The van der Waals surface area contributed by atoms with Gasteiger partial charge in [0.25, 0.3) is 10.0 Å². The molecule has 1 heterocycles. The largest absolute Gasteiger partial charge is 0.396 e. The number of hydrogen-bond acceptors (Lipinski definition) is 4. The average Bonchev–Trinajstić information content (AvgIpc) is 2.38. The van der Waals surface area contributed by atoms with Crippen LogP contribution in [0.4, 0.5) is 5.69 Å². The molecule has 0 radical (unpaired) electrons. The van der Waals surface area contributed by atoms with Crippen molar-refractivity contribution < 1.29 is 8.42 Å². The minimum atomic E-state index is -3.69. The van der Waals surface area contributed by atoms with Crippen molar-refractivity contribution in [3.8, 4) is 0 Å². The van der Waals surface area contributed by atoms with Gasteiger partial charge >= 0.3 is 0 Å². The maximum absolute atomic E-state index is 12.1. The topological polar surface area (TPSA) is 85.1 Å². The second-order valence-corrected chi connectivity index (χ2v) is 5.83. The molecule has 100 valence electrons. The first kappa shape index (κ1) is 13.5. The normalized spacial score (nSPS) is 11.4. The Kier molecular flexibility index (Phi) is 3.82. The van der Waals surface area contributed by atoms with E-state index in [9.17, 15) is 8.42 Å². The van der Waals surface area contributed by atoms with E-state index in [0.717, 1.165) is 11.1 Å². The maximum atomic E-state index is 12.1. The quantitative estimate of drug-likeness (QED) is 0.885. The Morgan fingerprint density at radius 1 is 1.21 bits per heavy atom. The average molecular weight is 277 g/mol. The maximum Gasteiger partial charge on any atom is 0.260 e. The van der Waals surface area contributed by atoms with Gasteiger partial charge in [-0.15, -0.1) is 0 Å². The molecular formula is C13H15N3O2S. The lowest BCUT2D eigenvalue weighted by Gasteiger charge is -2.09. The first-order chi connectivity index (χ1) is 9.00. The zero-order valence-corrected chi connectivity index (χ0v) is 11.3. The molecule has 0 saturated heterocycles. The summed E-state index contributed by atoms with van der Waals surface area (Å²) >= 11 is 0. The SMILES string of the molecule is Cc1ccccc1CNS(=O)(=O)c1ncccc1N. The number of nitrogen functional groups attached to an aromatic ring is 1. The molecule has 3 N–H and O–H groups in total. The van der Waals surface area contributed by atoms with E-state index in [4.69, 9.17) is 5.73 Å². The first-order valence-corrected chi connectivity index (χ1v) is 7.24. The highest BCUT2D eigenvalue weighted by molar-refractivity contribution is 7.89. The predicted octanol–water partition coefficient (Wildman–Crippen LogP) is 1.45. The predicted molar refractivity (Wildman–Crippen MR) is 73.9 cm³/mol. The molecule has 2 rings (SSSR count). The number of rotatable bonds is 4. The fraction of sp³-hybridized carbons (Fsp3) is 0.154. The molecule has 0 atom stereocenters. The number of anilines is 1. The van der Waals surface area contributed by atoms with Crippen LogP contribution in [0.25, 0.3) is 0 Å². The van der Waals surface area contributed by atoms with Crippen LogP contribution in [0.5, 0.6) is 0 Å². The lowest BCUT2D eigenvalue weighted by molar-refractivity contribution is 0.578. The fourth-order valence-electron chi connectivity index (χ4n) is 1.68. The van der Waals surface area contributed by atoms with Gasteiger partial charge in [0.2, 0.25) is 0 Å². The standard InChI is InChI=1S/C13H15N3O2S/c1-10-5-2-3-6-11(10)9-16-19(17,18)13-12(14)7-4-8-15-13/h2-8,16H,9,14H2,1H3. The number of nitrogens with one attached hydrogen (secondary N) is 1. The molecule has 0 aliphatic carbocycles. The summed E-state index contributed by atoms with van der Waals surface area (Å²) in [5, 5.41) is -0.136. The van der Waals surface area contributed by atoms with Gasteiger partial charge in [-0.2, -0.15) is 0 Å². The Bertz CT molecular complexity index is 684. The number of benzene rings is 1. The summed E-state index contributed by atoms with van der Waals surface area (Å²) < 4.78 is 26.7. The van der Waals surface area contributed by atoms with Gasteiger partial charge in [-0.05, 0) is 30.2 Å². The van der Waals surface area contributed by atoms with Gasteiger partial charge < -0.3 is 5.73 Å². The number of pyridine rings is 1. The van der Waals surface area contributed by atoms with Crippen LogP contribution in [0.15, 0.2) is 47.6 Å². The van der Waals surface area contributed by atoms with Crippen molar-refractivity contribution in [2.75, 3.05) is 5.73 Å². The number of sulfonamides is 1. The number of nitrogens with two attached hydrogens (primary N) is 1. The summed E-state index contributed by atoms with van der Waals surface area (Å²) in [6.45, 7) is 2.14. The molecule has 6 heteroatoms. The number of nitrogens with zero attached hydrogens (tertiary/aromatic N) is 1. The molecule has 0 spiro atoms. The molecule has 0 amide bonds. The minimum Gasteiger partial charge on any atom is -0.396 e. The van der Waals surface area contributed by atoms with Crippen LogP contribution in [0.1, 0.15) is 11.1 Å². The third-order valence-corrected chi connectivity index (χ3v) is 4.14. The Hall–Kier alpha value is -1.92. The van der Waals surface area contributed by atoms with Gasteiger partial charge in [0.05, 0.1) is 5.69 Å². The van der Waals surface area contributed by atoms with Crippen LogP contribution in [0, 0.1) is 6.92 Å². The van der Waals surface area contributed by atoms with E-state index in [0.29, 0.717) is 0 Å². The Balaban J connectivity index is 2.20. The zero-order valence-electron chi connectivity index (χ0n) is 10.5. The van der Waals surface area contributed by atoms with Gasteiger partial charge in [0.15, 0.2) is 5.03 Å². The molecule has 0 unspecified atom stereocenters. The highest BCUT2D eigenvalue weighted by Gasteiger charge is 2.18. The molecular weight excluding hydrogens is 262 g/mol. The summed E-state index contributed by atoms with van der Waals surface area (Å²) in [6.07, 6.45) is 1.40. The molecule has 0 aliphatic heterocycles. The molecule has 0 saturated carbocycles. The monoisotopic (exact) mass is 277 g/mol. The minimum absolute atomic E-state index is 0.136. The van der Waals surface area contributed by atoms with E-state index >= 15 is 0 Å². The van der Waals surface area contributed by atoms with E-state index in [-0.39, 0.29) is 17.3 Å². The van der Waals surface area contributed by atoms with Gasteiger partial charge in [0, 0.05) is 12.7 Å². The molecule has 1 aromatic carbocycles. The number of aromatic nitrogens is 1. The highest BCUT2D eigenvalue weighted by atomic mass is 32.2. The third-order valence-electron chi connectivity index (χ3n) is 2.77. The fourth-order valence-corrected chi connectivity index (χ4v) is 2.74. The smallest absolute Gasteiger partial charge is 0.260 e. The third kappa shape index (κ3) is 3.10. The molecule has 1 aromatic heterocycles. The Morgan fingerprint density at radius 3 is 2.63 bits per heavy atom. The van der Waals surface area contributed by atoms with E-state index in [1.807, 2.05) is 31.2 Å². The second-order valence-electron chi connectivity index (χ2n) is 4.15. The van der Waals surface area contributed by atoms with Crippen molar-refractivity contribution in [3.05, 3.63) is 53.7 Å². The summed E-state index contributed by atoms with van der Waals surface area (Å²) in [6, 6.07) is 10.7. The molecule has 2 aromatic rings. The van der Waals surface area contributed by atoms with Crippen molar-refractivity contribution in [1.82, 2.24) is 9.71 Å². The zero-order chi connectivity index (χ0) is 13.9. The number of hydrogen-bond donors (Lipinski definition) is 2. The van der Waals surface area contributed by atoms with Crippen LogP contribution in [-0.4, -0.2) is 13.4 Å². The summed E-state index contributed by atoms with van der Waals surface area (Å²) in [7, 11) is -3.69. The van der Waals surface area contributed by atoms with E-state index in [1.54, 1.807) is 6.07 Å². The van der Waals surface area contributed by atoms with Crippen LogP contribution in [-0.2, 0) is 16.6 Å².